The third-order valence-electron chi connectivity index (χ3n) is 4.07. The molecular weight excluding hydrogens is 359 g/mol. The number of hydrogen-bond acceptors (Lipinski definition) is 5. The van der Waals surface area contributed by atoms with Crippen LogP contribution in [0.4, 0.5) is 5.82 Å². The van der Waals surface area contributed by atoms with Gasteiger partial charge in [0, 0.05) is 25.6 Å². The van der Waals surface area contributed by atoms with E-state index in [9.17, 15) is 0 Å². The van der Waals surface area contributed by atoms with Crippen molar-refractivity contribution < 1.29 is 4.74 Å². The maximum Gasteiger partial charge on any atom is 0.135 e. The molecule has 0 saturated carbocycles. The highest BCUT2D eigenvalue weighted by molar-refractivity contribution is 5.85. The summed E-state index contributed by atoms with van der Waals surface area (Å²) in [5.41, 5.74) is 2.47. The van der Waals surface area contributed by atoms with Crippen molar-refractivity contribution in [1.82, 2.24) is 15.3 Å². The Morgan fingerprint density at radius 3 is 2.56 bits per heavy atom. The van der Waals surface area contributed by atoms with Gasteiger partial charge >= 0.3 is 0 Å². The van der Waals surface area contributed by atoms with E-state index in [-0.39, 0.29) is 24.8 Å². The molecule has 0 radical (unpaired) electrons. The van der Waals surface area contributed by atoms with E-state index in [1.54, 1.807) is 0 Å². The lowest BCUT2D eigenvalue weighted by molar-refractivity contribution is 0.325. The van der Waals surface area contributed by atoms with E-state index in [2.05, 4.69) is 27.2 Å². The summed E-state index contributed by atoms with van der Waals surface area (Å²) in [6.07, 6.45) is 1.95. The van der Waals surface area contributed by atoms with Crippen molar-refractivity contribution >= 4 is 30.6 Å². The van der Waals surface area contributed by atoms with Gasteiger partial charge in [-0.05, 0) is 32.0 Å². The Kier molecular flexibility index (Phi) is 8.97. The Bertz CT molecular complexity index is 655. The molecule has 1 aromatic heterocycles. The van der Waals surface area contributed by atoms with Crippen molar-refractivity contribution in [3.63, 3.8) is 0 Å². The van der Waals surface area contributed by atoms with E-state index >= 15 is 0 Å². The highest BCUT2D eigenvalue weighted by Crippen LogP contribution is 2.22. The average Bonchev–Trinajstić information content (AvgIpc) is 2.80. The Labute approximate surface area is 162 Å². The summed E-state index contributed by atoms with van der Waals surface area (Å²) in [6.45, 7) is 5.38. The average molecular weight is 385 g/mol. The monoisotopic (exact) mass is 384 g/mol. The fraction of sp³-hybridized carbons (Fsp3) is 0.444. The van der Waals surface area contributed by atoms with Gasteiger partial charge in [0.25, 0.3) is 0 Å². The molecule has 0 bridgehead atoms. The van der Waals surface area contributed by atoms with Crippen LogP contribution in [0.2, 0.25) is 0 Å². The zero-order valence-corrected chi connectivity index (χ0v) is 16.3. The molecule has 138 valence electrons. The fourth-order valence-electron chi connectivity index (χ4n) is 2.88. The van der Waals surface area contributed by atoms with Crippen molar-refractivity contribution in [2.75, 3.05) is 38.2 Å². The molecule has 0 spiro atoms. The van der Waals surface area contributed by atoms with Gasteiger partial charge < -0.3 is 15.0 Å². The minimum absolute atomic E-state index is 0. The van der Waals surface area contributed by atoms with E-state index in [0.29, 0.717) is 6.61 Å². The van der Waals surface area contributed by atoms with Crippen LogP contribution < -0.4 is 15.0 Å². The number of nitrogens with zero attached hydrogens (tertiary/aromatic N) is 3. The summed E-state index contributed by atoms with van der Waals surface area (Å²) in [6, 6.07) is 9.92. The van der Waals surface area contributed by atoms with Crippen LogP contribution in [0, 0.1) is 6.92 Å². The quantitative estimate of drug-likeness (QED) is 0.858. The molecule has 1 aliphatic rings. The summed E-state index contributed by atoms with van der Waals surface area (Å²) in [4.78, 5) is 11.5. The third kappa shape index (κ3) is 5.73. The van der Waals surface area contributed by atoms with E-state index in [1.807, 2.05) is 37.3 Å². The topological polar surface area (TPSA) is 50.3 Å². The van der Waals surface area contributed by atoms with Crippen molar-refractivity contribution in [1.29, 1.82) is 0 Å². The maximum atomic E-state index is 5.80. The van der Waals surface area contributed by atoms with Crippen LogP contribution in [0.5, 0.6) is 5.75 Å². The molecule has 1 aromatic carbocycles. The molecule has 0 unspecified atom stereocenters. The molecule has 5 nitrogen and oxygen atoms in total. The van der Waals surface area contributed by atoms with Gasteiger partial charge in [-0.25, -0.2) is 9.97 Å². The van der Waals surface area contributed by atoms with Crippen molar-refractivity contribution in [2.24, 2.45) is 0 Å². The normalized spacial score (nSPS) is 12.9. The standard InChI is InChI=1S/C18H24N4O.2ClH/c1-14-20-17-9-11-19-10-8-16(17)18(21-14)22(2)12-13-23-15-6-4-3-5-7-15;;/h3-7,19H,8-13H2,1-2H3;2*1H. The second-order valence-electron chi connectivity index (χ2n) is 5.85. The number of ether oxygens (including phenoxy) is 1. The van der Waals surface area contributed by atoms with Crippen LogP contribution in [0.1, 0.15) is 17.1 Å². The zero-order chi connectivity index (χ0) is 16.1. The van der Waals surface area contributed by atoms with Gasteiger partial charge in [-0.15, -0.1) is 24.8 Å². The lowest BCUT2D eigenvalue weighted by atomic mass is 10.1. The molecular formula is C18H26Cl2N4O. The molecule has 2 heterocycles. The molecule has 0 amide bonds. The van der Waals surface area contributed by atoms with E-state index in [4.69, 9.17) is 4.74 Å². The summed E-state index contributed by atoms with van der Waals surface area (Å²) >= 11 is 0. The largest absolute Gasteiger partial charge is 0.492 e. The number of nitrogens with one attached hydrogen (secondary N) is 1. The number of rotatable bonds is 5. The summed E-state index contributed by atoms with van der Waals surface area (Å²) in [5, 5.41) is 3.43. The number of halogens is 2. The van der Waals surface area contributed by atoms with E-state index < -0.39 is 0 Å². The highest BCUT2D eigenvalue weighted by atomic mass is 35.5. The Hall–Kier alpha value is -1.56. The van der Waals surface area contributed by atoms with Gasteiger partial charge in [-0.2, -0.15) is 0 Å². The Morgan fingerprint density at radius 1 is 1.08 bits per heavy atom. The summed E-state index contributed by atoms with van der Waals surface area (Å²) in [7, 11) is 2.08. The van der Waals surface area contributed by atoms with Crippen molar-refractivity contribution in [3.05, 3.63) is 47.4 Å². The molecule has 0 fully saturated rings. The third-order valence-corrected chi connectivity index (χ3v) is 4.07. The van der Waals surface area contributed by atoms with Crippen molar-refractivity contribution in [3.8, 4) is 5.75 Å². The first-order valence-corrected chi connectivity index (χ1v) is 8.20. The first-order chi connectivity index (χ1) is 11.2. The predicted octanol–water partition coefficient (Wildman–Crippen LogP) is 2.83. The lowest BCUT2D eigenvalue weighted by Gasteiger charge is -2.22. The van der Waals surface area contributed by atoms with Gasteiger partial charge in [0.2, 0.25) is 0 Å². The minimum Gasteiger partial charge on any atom is -0.492 e. The van der Waals surface area contributed by atoms with Crippen LogP contribution in [0.15, 0.2) is 30.3 Å². The van der Waals surface area contributed by atoms with Crippen molar-refractivity contribution in [2.45, 2.75) is 19.8 Å². The van der Waals surface area contributed by atoms with Gasteiger partial charge in [-0.1, -0.05) is 18.2 Å². The smallest absolute Gasteiger partial charge is 0.135 e. The molecule has 3 rings (SSSR count). The Morgan fingerprint density at radius 2 is 1.80 bits per heavy atom. The number of aryl methyl sites for hydroxylation is 1. The molecule has 25 heavy (non-hydrogen) atoms. The maximum absolute atomic E-state index is 5.80. The number of anilines is 1. The van der Waals surface area contributed by atoms with E-state index in [0.717, 1.165) is 49.9 Å². The first-order valence-electron chi connectivity index (χ1n) is 8.20. The first kappa shape index (κ1) is 21.5. The minimum atomic E-state index is 0. The summed E-state index contributed by atoms with van der Waals surface area (Å²) in [5.74, 6) is 2.80. The zero-order valence-electron chi connectivity index (χ0n) is 14.7. The van der Waals surface area contributed by atoms with Gasteiger partial charge in [0.1, 0.15) is 24.0 Å². The second-order valence-corrected chi connectivity index (χ2v) is 5.85. The number of para-hydroxylation sites is 1. The molecule has 1 N–H and O–H groups in total. The molecule has 0 aliphatic carbocycles. The highest BCUT2D eigenvalue weighted by Gasteiger charge is 2.18. The second kappa shape index (κ2) is 10.4. The molecule has 7 heteroatoms. The van der Waals surface area contributed by atoms with Crippen LogP contribution in [0.3, 0.4) is 0 Å². The molecule has 1 aliphatic heterocycles. The Balaban J connectivity index is 0.00000156. The van der Waals surface area contributed by atoms with Crippen LogP contribution in [0.25, 0.3) is 0 Å². The predicted molar refractivity (Wildman–Crippen MR) is 107 cm³/mol. The van der Waals surface area contributed by atoms with Crippen LogP contribution in [-0.4, -0.2) is 43.3 Å². The molecule has 0 saturated heterocycles. The number of benzene rings is 1. The van der Waals surface area contributed by atoms with Gasteiger partial charge in [0.15, 0.2) is 0 Å². The number of aromatic nitrogens is 2. The number of hydrogen-bond donors (Lipinski definition) is 1. The van der Waals surface area contributed by atoms with Crippen LogP contribution in [-0.2, 0) is 12.8 Å². The summed E-state index contributed by atoms with van der Waals surface area (Å²) < 4.78 is 5.80. The fourth-order valence-corrected chi connectivity index (χ4v) is 2.88. The molecule has 2 aromatic rings. The van der Waals surface area contributed by atoms with E-state index in [1.165, 1.54) is 11.3 Å². The van der Waals surface area contributed by atoms with Gasteiger partial charge in [0.05, 0.1) is 12.2 Å². The lowest BCUT2D eigenvalue weighted by Crippen LogP contribution is -2.27. The number of fused-ring (bicyclic) bond motifs is 1. The SMILES string of the molecule is Cc1nc2c(c(N(C)CCOc3ccccc3)n1)CCNCC2.Cl.Cl. The molecule has 0 atom stereocenters. The van der Waals surface area contributed by atoms with Gasteiger partial charge in [-0.3, -0.25) is 0 Å². The van der Waals surface area contributed by atoms with Crippen LogP contribution >= 0.6 is 24.8 Å². The number of likely N-dealkylation sites (N-methyl/N-ethyl adjacent to an activating group) is 1.